The van der Waals surface area contributed by atoms with E-state index in [9.17, 15) is 23.1 Å². The number of hydrogen-bond donors (Lipinski definition) is 2. The highest BCUT2D eigenvalue weighted by Crippen LogP contribution is 2.38. The Kier molecular flexibility index (Phi) is 5.14. The van der Waals surface area contributed by atoms with Gasteiger partial charge in [-0.15, -0.1) is 0 Å². The molecule has 0 aliphatic heterocycles. The van der Waals surface area contributed by atoms with E-state index in [1.807, 2.05) is 0 Å². The van der Waals surface area contributed by atoms with Crippen molar-refractivity contribution in [1.82, 2.24) is 5.43 Å². The van der Waals surface area contributed by atoms with Gasteiger partial charge in [0.2, 0.25) is 0 Å². The lowest BCUT2D eigenvalue weighted by Gasteiger charge is -2.12. The molecule has 0 aliphatic rings. The van der Waals surface area contributed by atoms with E-state index in [4.69, 9.17) is 11.6 Å². The van der Waals surface area contributed by atoms with Gasteiger partial charge >= 0.3 is 6.18 Å². The molecule has 0 saturated carbocycles. The molecule has 0 fully saturated rings. The highest BCUT2D eigenvalue weighted by molar-refractivity contribution is 6.32. The number of hydrogen-bond acceptors (Lipinski definition) is 3. The molecule has 0 saturated heterocycles. The number of hydrazone groups is 1. The fraction of sp³-hybridized carbons (Fsp3) is 0.125. The van der Waals surface area contributed by atoms with E-state index in [0.717, 1.165) is 17.7 Å². The van der Waals surface area contributed by atoms with Gasteiger partial charge < -0.3 is 5.11 Å². The van der Waals surface area contributed by atoms with Crippen molar-refractivity contribution in [3.05, 3.63) is 63.7 Å². The molecular formula is C16H12ClF3N2O2. The van der Waals surface area contributed by atoms with Gasteiger partial charge in [-0.25, -0.2) is 5.43 Å². The number of aryl methyl sites for hydroxylation is 1. The largest absolute Gasteiger partial charge is 0.506 e. The second-order valence-corrected chi connectivity index (χ2v) is 5.33. The Balaban J connectivity index is 2.26. The van der Waals surface area contributed by atoms with Crippen LogP contribution in [0.1, 0.15) is 27.0 Å². The first-order valence-corrected chi connectivity index (χ1v) is 7.06. The van der Waals surface area contributed by atoms with Crippen molar-refractivity contribution >= 4 is 23.7 Å². The van der Waals surface area contributed by atoms with E-state index >= 15 is 0 Å². The topological polar surface area (TPSA) is 61.7 Å². The fourth-order valence-electron chi connectivity index (χ4n) is 1.97. The van der Waals surface area contributed by atoms with Crippen LogP contribution < -0.4 is 5.43 Å². The molecule has 0 atom stereocenters. The molecule has 0 bridgehead atoms. The third-order valence-electron chi connectivity index (χ3n) is 3.11. The average Bonchev–Trinajstić information content (AvgIpc) is 2.50. The Morgan fingerprint density at radius 3 is 2.62 bits per heavy atom. The van der Waals surface area contributed by atoms with Gasteiger partial charge in [-0.1, -0.05) is 29.3 Å². The van der Waals surface area contributed by atoms with Gasteiger partial charge in [0.1, 0.15) is 5.75 Å². The first-order valence-electron chi connectivity index (χ1n) is 6.69. The van der Waals surface area contributed by atoms with Crippen molar-refractivity contribution in [2.45, 2.75) is 13.1 Å². The van der Waals surface area contributed by atoms with E-state index in [1.165, 1.54) is 6.07 Å². The molecule has 1 amide bonds. The highest BCUT2D eigenvalue weighted by Gasteiger charge is 2.34. The normalized spacial score (nSPS) is 11.7. The van der Waals surface area contributed by atoms with Crippen molar-refractivity contribution in [2.75, 3.05) is 0 Å². The molecule has 4 nitrogen and oxygen atoms in total. The van der Waals surface area contributed by atoms with Crippen LogP contribution in [0, 0.1) is 6.92 Å². The summed E-state index contributed by atoms with van der Waals surface area (Å²) in [7, 11) is 0. The number of aromatic hydroxyl groups is 1. The van der Waals surface area contributed by atoms with Crippen molar-refractivity contribution in [3.63, 3.8) is 0 Å². The summed E-state index contributed by atoms with van der Waals surface area (Å²) in [6.45, 7) is 1.79. The van der Waals surface area contributed by atoms with Crippen molar-refractivity contribution in [3.8, 4) is 5.75 Å². The Morgan fingerprint density at radius 1 is 1.29 bits per heavy atom. The highest BCUT2D eigenvalue weighted by atomic mass is 35.5. The molecular weight excluding hydrogens is 345 g/mol. The van der Waals surface area contributed by atoms with Crippen LogP contribution in [0.5, 0.6) is 5.75 Å². The number of carbonyl (C=O) groups excluding carboxylic acids is 1. The molecule has 126 valence electrons. The van der Waals surface area contributed by atoms with Crippen LogP contribution in [-0.4, -0.2) is 17.2 Å². The number of phenols is 1. The monoisotopic (exact) mass is 356 g/mol. The minimum Gasteiger partial charge on any atom is -0.506 e. The summed E-state index contributed by atoms with van der Waals surface area (Å²) in [6, 6.07) is 8.26. The summed E-state index contributed by atoms with van der Waals surface area (Å²) in [5.41, 5.74) is 1.52. The number of rotatable bonds is 3. The molecule has 8 heteroatoms. The van der Waals surface area contributed by atoms with E-state index in [2.05, 4.69) is 10.5 Å². The summed E-state index contributed by atoms with van der Waals surface area (Å²) in [6.07, 6.45) is -4.00. The third kappa shape index (κ3) is 4.05. The molecule has 2 N–H and O–H groups in total. The van der Waals surface area contributed by atoms with Crippen LogP contribution in [0.15, 0.2) is 41.5 Å². The van der Waals surface area contributed by atoms with Crippen molar-refractivity contribution in [2.24, 2.45) is 5.10 Å². The zero-order chi connectivity index (χ0) is 17.9. The van der Waals surface area contributed by atoms with Crippen LogP contribution in [0.25, 0.3) is 0 Å². The number of nitrogens with zero attached hydrogens (tertiary/aromatic N) is 1. The van der Waals surface area contributed by atoms with Gasteiger partial charge in [0.05, 0.1) is 22.4 Å². The third-order valence-corrected chi connectivity index (χ3v) is 3.42. The quantitative estimate of drug-likeness (QED) is 0.641. The molecule has 2 rings (SSSR count). The van der Waals surface area contributed by atoms with Gasteiger partial charge in [-0.3, -0.25) is 4.79 Å². The summed E-state index contributed by atoms with van der Waals surface area (Å²) in [5.74, 6) is -1.36. The Hall–Kier alpha value is -2.54. The number of benzene rings is 2. The van der Waals surface area contributed by atoms with Gasteiger partial charge in [0.25, 0.3) is 5.91 Å². The SMILES string of the molecule is Cc1cccc(C(=O)N/N=C/c2c(C(F)(F)F)ccc(Cl)c2O)c1. The fourth-order valence-corrected chi connectivity index (χ4v) is 2.13. The van der Waals surface area contributed by atoms with E-state index in [-0.39, 0.29) is 5.02 Å². The molecule has 24 heavy (non-hydrogen) atoms. The Morgan fingerprint density at radius 2 is 2.00 bits per heavy atom. The van der Waals surface area contributed by atoms with Crippen LogP contribution in [0.2, 0.25) is 5.02 Å². The lowest BCUT2D eigenvalue weighted by atomic mass is 10.1. The first kappa shape index (κ1) is 17.8. The predicted molar refractivity (Wildman–Crippen MR) is 84.4 cm³/mol. The summed E-state index contributed by atoms with van der Waals surface area (Å²) in [5, 5.41) is 12.9. The molecule has 2 aromatic rings. The number of halogens is 4. The molecule has 0 aromatic heterocycles. The summed E-state index contributed by atoms with van der Waals surface area (Å²) < 4.78 is 38.9. The number of amides is 1. The zero-order valence-corrected chi connectivity index (χ0v) is 13.1. The van der Waals surface area contributed by atoms with Gasteiger partial charge in [-0.2, -0.15) is 18.3 Å². The molecule has 0 radical (unpaired) electrons. The first-order chi connectivity index (χ1) is 11.2. The summed E-state index contributed by atoms with van der Waals surface area (Å²) >= 11 is 5.62. The van der Waals surface area contributed by atoms with Crippen molar-refractivity contribution in [1.29, 1.82) is 0 Å². The molecule has 0 unspecified atom stereocenters. The Labute approximate surface area is 140 Å². The second-order valence-electron chi connectivity index (χ2n) is 4.92. The van der Waals surface area contributed by atoms with Crippen LogP contribution in [0.3, 0.4) is 0 Å². The standard InChI is InChI=1S/C16H12ClF3N2O2/c1-9-3-2-4-10(7-9)15(24)22-21-8-11-12(16(18,19)20)5-6-13(17)14(11)23/h2-8,23H,1H3,(H,22,24)/b21-8+. The van der Waals surface area contributed by atoms with Crippen molar-refractivity contribution < 1.29 is 23.1 Å². The van der Waals surface area contributed by atoms with Crippen LogP contribution in [0.4, 0.5) is 13.2 Å². The average molecular weight is 357 g/mol. The maximum absolute atomic E-state index is 13.0. The zero-order valence-electron chi connectivity index (χ0n) is 12.4. The molecule has 2 aromatic carbocycles. The maximum Gasteiger partial charge on any atom is 0.417 e. The maximum atomic E-state index is 13.0. The molecule has 0 aliphatic carbocycles. The van der Waals surface area contributed by atoms with Gasteiger partial charge in [0, 0.05) is 5.56 Å². The lowest BCUT2D eigenvalue weighted by Crippen LogP contribution is -2.18. The smallest absolute Gasteiger partial charge is 0.417 e. The van der Waals surface area contributed by atoms with Gasteiger partial charge in [-0.05, 0) is 31.2 Å². The second kappa shape index (κ2) is 6.92. The van der Waals surface area contributed by atoms with Crippen LogP contribution in [-0.2, 0) is 6.18 Å². The minimum absolute atomic E-state index is 0.255. The lowest BCUT2D eigenvalue weighted by molar-refractivity contribution is -0.137. The molecule has 0 heterocycles. The van der Waals surface area contributed by atoms with E-state index < -0.39 is 29.0 Å². The van der Waals surface area contributed by atoms with Crippen LogP contribution >= 0.6 is 11.6 Å². The number of alkyl halides is 3. The van der Waals surface area contributed by atoms with Gasteiger partial charge in [0.15, 0.2) is 0 Å². The van der Waals surface area contributed by atoms with E-state index in [1.54, 1.807) is 25.1 Å². The predicted octanol–water partition coefficient (Wildman–Crippen LogP) is 4.14. The van der Waals surface area contributed by atoms with E-state index in [0.29, 0.717) is 11.8 Å². The number of nitrogens with one attached hydrogen (secondary N) is 1. The Bertz CT molecular complexity index is 804. The molecule has 0 spiro atoms. The minimum atomic E-state index is -4.70. The number of carbonyl (C=O) groups is 1. The number of phenolic OH excluding ortho intramolecular Hbond substituents is 1. The summed E-state index contributed by atoms with van der Waals surface area (Å²) in [4.78, 5) is 11.9.